The molecule has 0 aliphatic heterocycles. The number of hydrogen-bond donors (Lipinski definition) is 2. The summed E-state index contributed by atoms with van der Waals surface area (Å²) < 4.78 is 0. The Bertz CT molecular complexity index is 581. The van der Waals surface area contributed by atoms with Crippen LogP contribution in [0.4, 0.5) is 0 Å². The fraction of sp³-hybridized carbons (Fsp3) is 0.267. The molecule has 4 heteroatoms. The second-order valence-electron chi connectivity index (χ2n) is 4.92. The molecule has 0 spiro atoms. The zero-order valence-electron chi connectivity index (χ0n) is 10.6. The monoisotopic (exact) mass is 272 g/mol. The molecule has 1 aromatic heterocycles. The van der Waals surface area contributed by atoms with Gasteiger partial charge in [-0.05, 0) is 30.0 Å². The predicted octanol–water partition coefficient (Wildman–Crippen LogP) is 2.10. The van der Waals surface area contributed by atoms with Gasteiger partial charge in [0, 0.05) is 22.8 Å². The van der Waals surface area contributed by atoms with E-state index in [9.17, 15) is 4.79 Å². The number of fused-ring (bicyclic) bond motifs is 1. The zero-order chi connectivity index (χ0) is 13.2. The van der Waals surface area contributed by atoms with Crippen LogP contribution in [0.5, 0.6) is 0 Å². The number of carbonyl (C=O) groups excluding carboxylic acids is 1. The molecule has 1 aliphatic rings. The normalized spacial score (nSPS) is 14.5. The lowest BCUT2D eigenvalue weighted by molar-refractivity contribution is 0.100. The number of nitrogens with two attached hydrogens (primary N) is 1. The summed E-state index contributed by atoms with van der Waals surface area (Å²) in [5, 5.41) is 5.38. The molecule has 19 heavy (non-hydrogen) atoms. The van der Waals surface area contributed by atoms with Gasteiger partial charge in [0.25, 0.3) is 0 Å². The second kappa shape index (κ2) is 5.15. The highest BCUT2D eigenvalue weighted by Crippen LogP contribution is 2.22. The van der Waals surface area contributed by atoms with Crippen LogP contribution in [0.1, 0.15) is 26.4 Å². The third kappa shape index (κ3) is 2.69. The predicted molar refractivity (Wildman–Crippen MR) is 77.3 cm³/mol. The van der Waals surface area contributed by atoms with Gasteiger partial charge in [-0.1, -0.05) is 24.3 Å². The summed E-state index contributed by atoms with van der Waals surface area (Å²) >= 11 is 1.58. The van der Waals surface area contributed by atoms with Crippen molar-refractivity contribution in [1.29, 1.82) is 0 Å². The van der Waals surface area contributed by atoms with Crippen LogP contribution in [0.2, 0.25) is 0 Å². The number of primary amides is 1. The zero-order valence-corrected chi connectivity index (χ0v) is 11.4. The minimum atomic E-state index is -0.351. The Hall–Kier alpha value is -1.65. The van der Waals surface area contributed by atoms with Gasteiger partial charge >= 0.3 is 0 Å². The average Bonchev–Trinajstić information content (AvgIpc) is 3.02. The Morgan fingerprint density at radius 3 is 2.58 bits per heavy atom. The summed E-state index contributed by atoms with van der Waals surface area (Å²) in [6.45, 7) is 0.802. The average molecular weight is 272 g/mol. The van der Waals surface area contributed by atoms with Gasteiger partial charge in [0.15, 0.2) is 0 Å². The summed E-state index contributed by atoms with van der Waals surface area (Å²) in [6.07, 6.45) is 2.18. The van der Waals surface area contributed by atoms with Gasteiger partial charge in [-0.3, -0.25) is 4.79 Å². The van der Waals surface area contributed by atoms with Gasteiger partial charge in [-0.2, -0.15) is 0 Å². The molecule has 1 heterocycles. The van der Waals surface area contributed by atoms with Crippen molar-refractivity contribution in [3.8, 4) is 0 Å². The molecular formula is C15H16N2OS. The van der Waals surface area contributed by atoms with Crippen LogP contribution in [0.3, 0.4) is 0 Å². The van der Waals surface area contributed by atoms with Crippen LogP contribution in [-0.4, -0.2) is 11.9 Å². The number of benzene rings is 1. The standard InChI is InChI=1S/C15H16N2OS/c16-15(18)12-7-14(19-9-12)8-17-13-5-10-3-1-2-4-11(10)6-13/h1-4,7,9,13,17H,5-6,8H2,(H2,16,18). The first-order chi connectivity index (χ1) is 9.22. The SMILES string of the molecule is NC(=O)c1csc(CNC2Cc3ccccc3C2)c1. The van der Waals surface area contributed by atoms with E-state index in [2.05, 4.69) is 29.6 Å². The lowest BCUT2D eigenvalue weighted by atomic mass is 10.1. The maximum absolute atomic E-state index is 11.0. The fourth-order valence-electron chi connectivity index (χ4n) is 2.55. The van der Waals surface area contributed by atoms with E-state index < -0.39 is 0 Å². The largest absolute Gasteiger partial charge is 0.366 e. The van der Waals surface area contributed by atoms with Crippen LogP contribution in [0.25, 0.3) is 0 Å². The van der Waals surface area contributed by atoms with Crippen LogP contribution in [0.15, 0.2) is 35.7 Å². The lowest BCUT2D eigenvalue weighted by Crippen LogP contribution is -2.28. The molecule has 0 saturated carbocycles. The van der Waals surface area contributed by atoms with Crippen molar-refractivity contribution in [3.63, 3.8) is 0 Å². The van der Waals surface area contributed by atoms with Crippen molar-refractivity contribution in [2.45, 2.75) is 25.4 Å². The first kappa shape index (κ1) is 12.4. The molecule has 0 saturated heterocycles. The van der Waals surface area contributed by atoms with E-state index in [4.69, 9.17) is 5.73 Å². The molecule has 1 amide bonds. The van der Waals surface area contributed by atoms with Crippen LogP contribution in [0, 0.1) is 0 Å². The Morgan fingerprint density at radius 2 is 2.00 bits per heavy atom. The highest BCUT2D eigenvalue weighted by atomic mass is 32.1. The van der Waals surface area contributed by atoms with E-state index in [0.29, 0.717) is 11.6 Å². The molecule has 1 aliphatic carbocycles. The minimum Gasteiger partial charge on any atom is -0.366 e. The highest BCUT2D eigenvalue weighted by molar-refractivity contribution is 7.10. The van der Waals surface area contributed by atoms with Gasteiger partial charge < -0.3 is 11.1 Å². The summed E-state index contributed by atoms with van der Waals surface area (Å²) in [5.41, 5.74) is 8.75. The molecule has 3 N–H and O–H groups in total. The van der Waals surface area contributed by atoms with Crippen LogP contribution in [-0.2, 0) is 19.4 Å². The number of nitrogens with one attached hydrogen (secondary N) is 1. The first-order valence-electron chi connectivity index (χ1n) is 6.40. The molecule has 0 atom stereocenters. The Balaban J connectivity index is 1.58. The fourth-order valence-corrected chi connectivity index (χ4v) is 3.37. The topological polar surface area (TPSA) is 55.1 Å². The van der Waals surface area contributed by atoms with Gasteiger partial charge in [0.1, 0.15) is 0 Å². The maximum Gasteiger partial charge on any atom is 0.249 e. The van der Waals surface area contributed by atoms with E-state index in [0.717, 1.165) is 24.3 Å². The van der Waals surface area contributed by atoms with Crippen molar-refractivity contribution in [1.82, 2.24) is 5.32 Å². The number of rotatable bonds is 4. The summed E-state index contributed by atoms with van der Waals surface area (Å²) in [5.74, 6) is -0.351. The summed E-state index contributed by atoms with van der Waals surface area (Å²) in [4.78, 5) is 12.2. The molecular weight excluding hydrogens is 256 g/mol. The lowest BCUT2D eigenvalue weighted by Gasteiger charge is -2.10. The van der Waals surface area contributed by atoms with E-state index in [1.807, 2.05) is 11.4 Å². The minimum absolute atomic E-state index is 0.351. The number of hydrogen-bond acceptors (Lipinski definition) is 3. The van der Waals surface area contributed by atoms with Gasteiger partial charge in [-0.25, -0.2) is 0 Å². The molecule has 0 radical (unpaired) electrons. The highest BCUT2D eigenvalue weighted by Gasteiger charge is 2.20. The molecule has 0 fully saturated rings. The van der Waals surface area contributed by atoms with Crippen LogP contribution >= 0.6 is 11.3 Å². The maximum atomic E-state index is 11.0. The van der Waals surface area contributed by atoms with Crippen molar-refractivity contribution < 1.29 is 4.79 Å². The van der Waals surface area contributed by atoms with E-state index in [1.54, 1.807) is 11.3 Å². The molecule has 0 bridgehead atoms. The first-order valence-corrected chi connectivity index (χ1v) is 7.28. The smallest absolute Gasteiger partial charge is 0.249 e. The molecule has 2 aromatic rings. The number of thiophene rings is 1. The van der Waals surface area contributed by atoms with Gasteiger partial charge in [-0.15, -0.1) is 11.3 Å². The number of amides is 1. The van der Waals surface area contributed by atoms with Crippen molar-refractivity contribution in [2.75, 3.05) is 0 Å². The van der Waals surface area contributed by atoms with Crippen molar-refractivity contribution in [3.05, 3.63) is 57.3 Å². The van der Waals surface area contributed by atoms with Crippen molar-refractivity contribution in [2.24, 2.45) is 5.73 Å². The third-order valence-corrected chi connectivity index (χ3v) is 4.49. The van der Waals surface area contributed by atoms with E-state index in [1.165, 1.54) is 11.1 Å². The van der Waals surface area contributed by atoms with Crippen LogP contribution < -0.4 is 11.1 Å². The molecule has 3 rings (SSSR count). The Kier molecular flexibility index (Phi) is 3.36. The molecule has 98 valence electrons. The second-order valence-corrected chi connectivity index (χ2v) is 5.92. The number of carbonyl (C=O) groups is 1. The molecule has 1 aromatic carbocycles. The summed E-state index contributed by atoms with van der Waals surface area (Å²) in [7, 11) is 0. The third-order valence-electron chi connectivity index (χ3n) is 3.55. The Labute approximate surface area is 116 Å². The van der Waals surface area contributed by atoms with Crippen molar-refractivity contribution >= 4 is 17.2 Å². The van der Waals surface area contributed by atoms with E-state index in [-0.39, 0.29) is 5.91 Å². The molecule has 0 unspecified atom stereocenters. The quantitative estimate of drug-likeness (QED) is 0.895. The molecule has 3 nitrogen and oxygen atoms in total. The van der Waals surface area contributed by atoms with Gasteiger partial charge in [0.05, 0.1) is 5.56 Å². The van der Waals surface area contributed by atoms with E-state index >= 15 is 0 Å². The van der Waals surface area contributed by atoms with Gasteiger partial charge in [0.2, 0.25) is 5.91 Å². The Morgan fingerprint density at radius 1 is 1.32 bits per heavy atom. The summed E-state index contributed by atoms with van der Waals surface area (Å²) in [6, 6.07) is 11.0.